The number of nitrogens with one attached hydrogen (secondary N) is 1. The quantitative estimate of drug-likeness (QED) is 0.473. The third-order valence-corrected chi connectivity index (χ3v) is 6.06. The zero-order chi connectivity index (χ0) is 25.9. The van der Waals surface area contributed by atoms with Gasteiger partial charge in [0.15, 0.2) is 0 Å². The lowest BCUT2D eigenvalue weighted by Gasteiger charge is -2.22. The molecular formula is C26H21ClF3N3O3. The number of benzene rings is 3. The Morgan fingerprint density at radius 2 is 1.72 bits per heavy atom. The number of rotatable bonds is 6. The summed E-state index contributed by atoms with van der Waals surface area (Å²) < 4.78 is 43.5. The molecule has 1 heterocycles. The first-order chi connectivity index (χ1) is 17.2. The number of hydrogen-bond donors (Lipinski definition) is 1. The van der Waals surface area contributed by atoms with Crippen LogP contribution in [0.15, 0.2) is 77.9 Å². The number of ether oxygens (including phenoxy) is 1. The Hall–Kier alpha value is -3.85. The fraction of sp³-hybridized carbons (Fsp3) is 0.192. The van der Waals surface area contributed by atoms with Crippen LogP contribution in [0.5, 0.6) is 5.75 Å². The van der Waals surface area contributed by atoms with Gasteiger partial charge >= 0.3 is 6.18 Å². The van der Waals surface area contributed by atoms with E-state index in [9.17, 15) is 22.8 Å². The maximum Gasteiger partial charge on any atom is 0.416 e. The van der Waals surface area contributed by atoms with Crippen molar-refractivity contribution in [3.8, 4) is 5.75 Å². The molecule has 36 heavy (non-hydrogen) atoms. The SMILES string of the molecule is COc1ccc(C2CC(c3ccccc3Cl)=NN2C(=O)CNC(=O)c2ccc(C(F)(F)F)cc2)cc1. The molecule has 2 amide bonds. The molecule has 0 fully saturated rings. The zero-order valence-corrected chi connectivity index (χ0v) is 19.8. The van der Waals surface area contributed by atoms with Crippen molar-refractivity contribution in [2.24, 2.45) is 5.10 Å². The zero-order valence-electron chi connectivity index (χ0n) is 19.1. The maximum absolute atomic E-state index is 13.1. The number of halogens is 4. The van der Waals surface area contributed by atoms with Crippen LogP contribution in [0, 0.1) is 0 Å². The fourth-order valence-corrected chi connectivity index (χ4v) is 4.08. The first-order valence-electron chi connectivity index (χ1n) is 10.9. The Bertz CT molecular complexity index is 1290. The number of carbonyl (C=O) groups excluding carboxylic acids is 2. The second-order valence-corrected chi connectivity index (χ2v) is 8.42. The van der Waals surface area contributed by atoms with E-state index in [-0.39, 0.29) is 5.56 Å². The van der Waals surface area contributed by atoms with E-state index in [1.54, 1.807) is 31.4 Å². The van der Waals surface area contributed by atoms with Crippen LogP contribution in [0.2, 0.25) is 5.02 Å². The van der Waals surface area contributed by atoms with Crippen molar-refractivity contribution in [1.82, 2.24) is 10.3 Å². The van der Waals surface area contributed by atoms with Gasteiger partial charge in [-0.1, -0.05) is 41.9 Å². The molecule has 3 aromatic carbocycles. The summed E-state index contributed by atoms with van der Waals surface area (Å²) in [5.41, 5.74) is 1.26. The second kappa shape index (κ2) is 10.4. The minimum Gasteiger partial charge on any atom is -0.497 e. The predicted molar refractivity (Wildman–Crippen MR) is 129 cm³/mol. The Balaban J connectivity index is 1.53. The van der Waals surface area contributed by atoms with E-state index in [2.05, 4.69) is 10.4 Å². The largest absolute Gasteiger partial charge is 0.497 e. The van der Waals surface area contributed by atoms with Crippen LogP contribution in [0.4, 0.5) is 13.2 Å². The predicted octanol–water partition coefficient (Wildman–Crippen LogP) is 5.48. The highest BCUT2D eigenvalue weighted by Gasteiger charge is 2.34. The van der Waals surface area contributed by atoms with Gasteiger partial charge in [-0.15, -0.1) is 0 Å². The van der Waals surface area contributed by atoms with Crippen LogP contribution in [0.1, 0.15) is 39.5 Å². The van der Waals surface area contributed by atoms with Crippen molar-refractivity contribution in [2.45, 2.75) is 18.6 Å². The molecule has 4 rings (SSSR count). The van der Waals surface area contributed by atoms with E-state index in [0.29, 0.717) is 28.5 Å². The summed E-state index contributed by atoms with van der Waals surface area (Å²) in [5.74, 6) is -0.503. The van der Waals surface area contributed by atoms with Gasteiger partial charge in [-0.2, -0.15) is 18.3 Å². The van der Waals surface area contributed by atoms with Crippen LogP contribution in [0.25, 0.3) is 0 Å². The molecule has 0 radical (unpaired) electrons. The molecular weight excluding hydrogens is 495 g/mol. The highest BCUT2D eigenvalue weighted by molar-refractivity contribution is 6.34. The molecule has 0 spiro atoms. The first kappa shape index (κ1) is 25.2. The smallest absolute Gasteiger partial charge is 0.416 e. The van der Waals surface area contributed by atoms with Crippen molar-refractivity contribution in [3.05, 3.63) is 100 Å². The first-order valence-corrected chi connectivity index (χ1v) is 11.3. The Labute approximate surface area is 210 Å². The number of alkyl halides is 3. The number of hydrazone groups is 1. The lowest BCUT2D eigenvalue weighted by molar-refractivity contribution is -0.137. The minimum atomic E-state index is -4.51. The van der Waals surface area contributed by atoms with Crippen LogP contribution >= 0.6 is 11.6 Å². The lowest BCUT2D eigenvalue weighted by atomic mass is 9.98. The van der Waals surface area contributed by atoms with E-state index >= 15 is 0 Å². The molecule has 0 aliphatic carbocycles. The molecule has 10 heteroatoms. The fourth-order valence-electron chi connectivity index (χ4n) is 3.83. The summed E-state index contributed by atoms with van der Waals surface area (Å²) in [6.07, 6.45) is -4.11. The molecule has 1 N–H and O–H groups in total. The Morgan fingerprint density at radius 3 is 2.33 bits per heavy atom. The van der Waals surface area contributed by atoms with Gasteiger partial charge in [0, 0.05) is 22.6 Å². The van der Waals surface area contributed by atoms with Crippen molar-refractivity contribution in [3.63, 3.8) is 0 Å². The summed E-state index contributed by atoms with van der Waals surface area (Å²) in [6, 6.07) is 17.7. The normalized spacial score (nSPS) is 15.4. The maximum atomic E-state index is 13.1. The molecule has 0 aromatic heterocycles. The van der Waals surface area contributed by atoms with Crippen molar-refractivity contribution in [1.29, 1.82) is 0 Å². The van der Waals surface area contributed by atoms with Gasteiger partial charge in [-0.25, -0.2) is 5.01 Å². The van der Waals surface area contributed by atoms with E-state index in [1.165, 1.54) is 5.01 Å². The third-order valence-electron chi connectivity index (χ3n) is 5.73. The molecule has 6 nitrogen and oxygen atoms in total. The van der Waals surface area contributed by atoms with Gasteiger partial charge in [0.05, 0.1) is 31.0 Å². The lowest BCUT2D eigenvalue weighted by Crippen LogP contribution is -2.38. The Kier molecular flexibility index (Phi) is 7.30. The number of amides is 2. The topological polar surface area (TPSA) is 71.0 Å². The van der Waals surface area contributed by atoms with Crippen LogP contribution in [0.3, 0.4) is 0 Å². The van der Waals surface area contributed by atoms with Crippen molar-refractivity contribution >= 4 is 29.1 Å². The van der Waals surface area contributed by atoms with E-state index < -0.39 is 36.1 Å². The highest BCUT2D eigenvalue weighted by Crippen LogP contribution is 2.35. The molecule has 1 atom stereocenters. The average molecular weight is 516 g/mol. The van der Waals surface area contributed by atoms with E-state index in [0.717, 1.165) is 29.8 Å². The standard InChI is InChI=1S/C26H21ClF3N3O3/c1-36-19-12-8-16(9-13-19)23-14-22(20-4-2-3-5-21(20)27)32-33(23)24(34)15-31-25(35)17-6-10-18(11-7-17)26(28,29)30/h2-13,23H,14-15H2,1H3,(H,31,35). The number of carbonyl (C=O) groups is 2. The van der Waals surface area contributed by atoms with E-state index in [4.69, 9.17) is 16.3 Å². The molecule has 0 bridgehead atoms. The van der Waals surface area contributed by atoms with Gasteiger partial charge in [-0.3, -0.25) is 9.59 Å². The Morgan fingerprint density at radius 1 is 1.06 bits per heavy atom. The van der Waals surface area contributed by atoms with Crippen molar-refractivity contribution < 1.29 is 27.5 Å². The molecule has 0 saturated carbocycles. The van der Waals surface area contributed by atoms with Gasteiger partial charge in [0.2, 0.25) is 0 Å². The molecule has 186 valence electrons. The summed E-state index contributed by atoms with van der Waals surface area (Å²) in [7, 11) is 1.55. The minimum absolute atomic E-state index is 0.00387. The number of methoxy groups -OCH3 is 1. The van der Waals surface area contributed by atoms with Gasteiger partial charge in [0.1, 0.15) is 5.75 Å². The van der Waals surface area contributed by atoms with Gasteiger partial charge in [0.25, 0.3) is 11.8 Å². The molecule has 1 aliphatic heterocycles. The van der Waals surface area contributed by atoms with Crippen LogP contribution < -0.4 is 10.1 Å². The average Bonchev–Trinajstić information content (AvgIpc) is 3.32. The van der Waals surface area contributed by atoms with E-state index in [1.807, 2.05) is 24.3 Å². The second-order valence-electron chi connectivity index (χ2n) is 8.02. The van der Waals surface area contributed by atoms with Gasteiger partial charge < -0.3 is 10.1 Å². The summed E-state index contributed by atoms with van der Waals surface area (Å²) >= 11 is 6.35. The number of nitrogens with zero attached hydrogens (tertiary/aromatic N) is 2. The van der Waals surface area contributed by atoms with Crippen LogP contribution in [-0.2, 0) is 11.0 Å². The van der Waals surface area contributed by atoms with Gasteiger partial charge in [-0.05, 0) is 48.0 Å². The van der Waals surface area contributed by atoms with Crippen molar-refractivity contribution in [2.75, 3.05) is 13.7 Å². The highest BCUT2D eigenvalue weighted by atomic mass is 35.5. The molecule has 3 aromatic rings. The molecule has 1 unspecified atom stereocenters. The summed E-state index contributed by atoms with van der Waals surface area (Å²) in [5, 5.41) is 8.77. The molecule has 0 saturated heterocycles. The molecule has 1 aliphatic rings. The summed E-state index contributed by atoms with van der Waals surface area (Å²) in [6.45, 7) is -0.397. The third kappa shape index (κ3) is 5.52. The van der Waals surface area contributed by atoms with Crippen LogP contribution in [-0.4, -0.2) is 36.2 Å². The number of hydrogen-bond acceptors (Lipinski definition) is 4. The monoisotopic (exact) mass is 515 g/mol. The summed E-state index contributed by atoms with van der Waals surface area (Å²) in [4.78, 5) is 25.6.